The summed E-state index contributed by atoms with van der Waals surface area (Å²) in [5.74, 6) is 2.12. The van der Waals surface area contributed by atoms with Crippen LogP contribution in [-0.2, 0) is 0 Å². The SMILES string of the molecule is CC[PH](CC)(CC)CC1CCC(C)CC1. The Morgan fingerprint density at radius 3 is 1.73 bits per heavy atom. The van der Waals surface area contributed by atoms with Gasteiger partial charge in [0.1, 0.15) is 0 Å². The Morgan fingerprint density at radius 1 is 0.867 bits per heavy atom. The zero-order chi connectivity index (χ0) is 11.3. The fourth-order valence-electron chi connectivity index (χ4n) is 3.33. The average Bonchev–Trinajstić information content (AvgIpc) is 2.29. The second-order valence-corrected chi connectivity index (χ2v) is 11.4. The van der Waals surface area contributed by atoms with E-state index in [-0.39, 0.29) is 0 Å². The monoisotopic (exact) mass is 230 g/mol. The third-order valence-corrected chi connectivity index (χ3v) is 11.1. The van der Waals surface area contributed by atoms with Crippen LogP contribution in [0.5, 0.6) is 0 Å². The molecule has 0 unspecified atom stereocenters. The quantitative estimate of drug-likeness (QED) is 0.604. The Balaban J connectivity index is 2.44. The molecule has 92 valence electrons. The van der Waals surface area contributed by atoms with Crippen LogP contribution in [0.1, 0.15) is 53.4 Å². The van der Waals surface area contributed by atoms with Crippen molar-refractivity contribution >= 4 is 7.26 Å². The van der Waals surface area contributed by atoms with E-state index >= 15 is 0 Å². The Hall–Kier alpha value is 0.430. The third-order valence-electron chi connectivity index (χ3n) is 5.11. The van der Waals surface area contributed by atoms with Crippen molar-refractivity contribution < 1.29 is 0 Å². The number of rotatable bonds is 5. The fraction of sp³-hybridized carbons (Fsp3) is 1.00. The van der Waals surface area contributed by atoms with Crippen LogP contribution >= 0.6 is 7.26 Å². The first kappa shape index (κ1) is 13.5. The van der Waals surface area contributed by atoms with E-state index in [0.29, 0.717) is 0 Å². The fourth-order valence-corrected chi connectivity index (χ4v) is 7.33. The van der Waals surface area contributed by atoms with Crippen LogP contribution in [0.3, 0.4) is 0 Å². The van der Waals surface area contributed by atoms with E-state index in [1.54, 1.807) is 6.16 Å². The van der Waals surface area contributed by atoms with Crippen LogP contribution in [0.2, 0.25) is 0 Å². The van der Waals surface area contributed by atoms with Gasteiger partial charge in [0, 0.05) is 0 Å². The van der Waals surface area contributed by atoms with Gasteiger partial charge in [-0.05, 0) is 0 Å². The van der Waals surface area contributed by atoms with E-state index in [4.69, 9.17) is 0 Å². The first-order valence-corrected chi connectivity index (χ1v) is 9.98. The maximum atomic E-state index is 2.45. The van der Waals surface area contributed by atoms with Gasteiger partial charge in [-0.25, -0.2) is 0 Å². The van der Waals surface area contributed by atoms with Gasteiger partial charge in [0.2, 0.25) is 0 Å². The zero-order valence-corrected chi connectivity index (χ0v) is 12.3. The van der Waals surface area contributed by atoms with E-state index in [1.165, 1.54) is 44.2 Å². The van der Waals surface area contributed by atoms with E-state index in [9.17, 15) is 0 Å². The Morgan fingerprint density at radius 2 is 1.33 bits per heavy atom. The third kappa shape index (κ3) is 3.74. The summed E-state index contributed by atoms with van der Waals surface area (Å²) in [6, 6.07) is 0. The molecule has 0 atom stereocenters. The molecular weight excluding hydrogens is 199 g/mol. The van der Waals surface area contributed by atoms with Gasteiger partial charge in [0.05, 0.1) is 0 Å². The first-order valence-electron chi connectivity index (χ1n) is 7.15. The van der Waals surface area contributed by atoms with Crippen molar-refractivity contribution in [3.63, 3.8) is 0 Å². The van der Waals surface area contributed by atoms with Crippen molar-refractivity contribution in [2.24, 2.45) is 11.8 Å². The molecular formula is C14H31P. The molecule has 0 N–H and O–H groups in total. The van der Waals surface area contributed by atoms with E-state index in [0.717, 1.165) is 11.8 Å². The van der Waals surface area contributed by atoms with Gasteiger partial charge in [-0.3, -0.25) is 0 Å². The zero-order valence-electron chi connectivity index (χ0n) is 11.3. The second kappa shape index (κ2) is 6.24. The summed E-state index contributed by atoms with van der Waals surface area (Å²) in [4.78, 5) is 0. The van der Waals surface area contributed by atoms with Crippen molar-refractivity contribution in [3.05, 3.63) is 0 Å². The molecule has 0 amide bonds. The molecule has 0 saturated heterocycles. The Bertz CT molecular complexity index is 156. The van der Waals surface area contributed by atoms with Gasteiger partial charge in [-0.15, -0.1) is 0 Å². The molecule has 0 bridgehead atoms. The van der Waals surface area contributed by atoms with Crippen molar-refractivity contribution in [1.29, 1.82) is 0 Å². The first-order chi connectivity index (χ1) is 7.15. The summed E-state index contributed by atoms with van der Waals surface area (Å²) in [5, 5.41) is 0. The molecule has 0 aliphatic heterocycles. The van der Waals surface area contributed by atoms with Crippen LogP contribution in [0, 0.1) is 11.8 Å². The summed E-state index contributed by atoms with van der Waals surface area (Å²) in [6.07, 6.45) is 12.3. The van der Waals surface area contributed by atoms with E-state index < -0.39 is 7.26 Å². The predicted octanol–water partition coefficient (Wildman–Crippen LogP) is 4.62. The summed E-state index contributed by atoms with van der Waals surface area (Å²) < 4.78 is 0. The number of hydrogen-bond donors (Lipinski definition) is 0. The van der Waals surface area contributed by atoms with Crippen LogP contribution < -0.4 is 0 Å². The van der Waals surface area contributed by atoms with Crippen LogP contribution in [0.15, 0.2) is 0 Å². The molecule has 1 aliphatic rings. The maximum absolute atomic E-state index is 2.45. The van der Waals surface area contributed by atoms with E-state index in [2.05, 4.69) is 27.7 Å². The molecule has 15 heavy (non-hydrogen) atoms. The van der Waals surface area contributed by atoms with Gasteiger partial charge < -0.3 is 0 Å². The van der Waals surface area contributed by atoms with Crippen LogP contribution in [0.4, 0.5) is 0 Å². The molecule has 0 heterocycles. The second-order valence-electron chi connectivity index (χ2n) is 5.89. The van der Waals surface area contributed by atoms with Crippen molar-refractivity contribution in [2.45, 2.75) is 53.4 Å². The normalized spacial score (nSPS) is 29.1. The van der Waals surface area contributed by atoms with Crippen LogP contribution in [0.25, 0.3) is 0 Å². The molecule has 0 spiro atoms. The summed E-state index contributed by atoms with van der Waals surface area (Å²) in [5.41, 5.74) is 0. The Kier molecular flexibility index (Phi) is 5.61. The van der Waals surface area contributed by atoms with E-state index in [1.807, 2.05) is 0 Å². The molecule has 0 nitrogen and oxygen atoms in total. The molecule has 0 aromatic rings. The molecule has 1 saturated carbocycles. The standard InChI is InChI=1S/C14H31P/c1-5-15(6-2,7-3)12-14-10-8-13(4)9-11-14/h13-15H,5-12H2,1-4H3. The average molecular weight is 230 g/mol. The molecule has 0 radical (unpaired) electrons. The molecule has 0 aromatic heterocycles. The summed E-state index contributed by atoms with van der Waals surface area (Å²) in [6.45, 7) is 9.78. The van der Waals surface area contributed by atoms with Crippen LogP contribution in [-0.4, -0.2) is 24.6 Å². The van der Waals surface area contributed by atoms with Gasteiger partial charge in [-0.1, -0.05) is 0 Å². The molecule has 1 fully saturated rings. The minimum absolute atomic E-state index is 0.827. The van der Waals surface area contributed by atoms with Crippen molar-refractivity contribution in [2.75, 3.05) is 24.6 Å². The molecule has 0 aromatic carbocycles. The van der Waals surface area contributed by atoms with Gasteiger partial charge in [0.25, 0.3) is 0 Å². The summed E-state index contributed by atoms with van der Waals surface area (Å²) >= 11 is 0. The Labute approximate surface area is 97.6 Å². The molecule has 1 heteroatoms. The number of hydrogen-bond acceptors (Lipinski definition) is 0. The summed E-state index contributed by atoms with van der Waals surface area (Å²) in [7, 11) is -0.827. The van der Waals surface area contributed by atoms with Gasteiger partial charge in [0.15, 0.2) is 0 Å². The van der Waals surface area contributed by atoms with Crippen molar-refractivity contribution in [3.8, 4) is 0 Å². The molecule has 1 rings (SSSR count). The topological polar surface area (TPSA) is 0 Å². The van der Waals surface area contributed by atoms with Gasteiger partial charge >= 0.3 is 97.1 Å². The minimum atomic E-state index is -0.827. The predicted molar refractivity (Wildman–Crippen MR) is 75.9 cm³/mol. The van der Waals surface area contributed by atoms with Gasteiger partial charge in [-0.2, -0.15) is 0 Å². The molecule has 1 aliphatic carbocycles. The van der Waals surface area contributed by atoms with Crippen molar-refractivity contribution in [1.82, 2.24) is 0 Å².